The van der Waals surface area contributed by atoms with E-state index < -0.39 is 0 Å². The number of fused-ring (bicyclic) bond motifs is 1. The molecule has 0 aliphatic rings. The van der Waals surface area contributed by atoms with E-state index in [1.807, 2.05) is 24.4 Å². The molecule has 15 heavy (non-hydrogen) atoms. The molecule has 0 unspecified atom stereocenters. The van der Waals surface area contributed by atoms with Crippen molar-refractivity contribution >= 4 is 10.9 Å². The molecule has 1 aromatic carbocycles. The topological polar surface area (TPSA) is 30.7 Å². The minimum Gasteiger partial charge on any atom is -0.314 e. The molecule has 0 atom stereocenters. The number of nitrogens with zero attached hydrogens (tertiary/aromatic N) is 3. The molecule has 2 heterocycles. The van der Waals surface area contributed by atoms with Gasteiger partial charge in [0.2, 0.25) is 0 Å². The summed E-state index contributed by atoms with van der Waals surface area (Å²) in [5.41, 5.74) is 2.11. The van der Waals surface area contributed by atoms with Gasteiger partial charge in [-0.2, -0.15) is 0 Å². The van der Waals surface area contributed by atoms with Crippen LogP contribution in [-0.2, 0) is 0 Å². The monoisotopic (exact) mass is 194 g/mol. The van der Waals surface area contributed by atoms with Crippen molar-refractivity contribution in [1.82, 2.24) is 14.5 Å². The highest BCUT2D eigenvalue weighted by Crippen LogP contribution is 2.18. The molecule has 3 nitrogen and oxygen atoms in total. The molecule has 0 aliphatic heterocycles. The Hall–Kier alpha value is -2.16. The number of hydrogen-bond donors (Lipinski definition) is 0. The Morgan fingerprint density at radius 3 is 2.87 bits per heavy atom. The number of benzene rings is 1. The van der Waals surface area contributed by atoms with Crippen LogP contribution in [0.1, 0.15) is 0 Å². The highest BCUT2D eigenvalue weighted by atomic mass is 15.0. The summed E-state index contributed by atoms with van der Waals surface area (Å²) in [7, 11) is 0. The third kappa shape index (κ3) is 1.29. The van der Waals surface area contributed by atoms with Crippen molar-refractivity contribution in [2.75, 3.05) is 0 Å². The van der Waals surface area contributed by atoms with Crippen LogP contribution in [0.3, 0.4) is 0 Å². The highest BCUT2D eigenvalue weighted by molar-refractivity contribution is 5.81. The molecule has 3 rings (SSSR count). The Kier molecular flexibility index (Phi) is 1.75. The predicted molar refractivity (Wildman–Crippen MR) is 57.7 cm³/mol. The van der Waals surface area contributed by atoms with Crippen molar-refractivity contribution < 1.29 is 0 Å². The quantitative estimate of drug-likeness (QED) is 0.594. The summed E-state index contributed by atoms with van der Waals surface area (Å²) in [5.74, 6) is 0. The van der Waals surface area contributed by atoms with Crippen LogP contribution in [0.25, 0.3) is 16.6 Å². The van der Waals surface area contributed by atoms with Crippen LogP contribution in [0, 0.1) is 6.07 Å². The molecule has 0 aliphatic carbocycles. The van der Waals surface area contributed by atoms with Crippen LogP contribution in [0.5, 0.6) is 0 Å². The normalized spacial score (nSPS) is 10.7. The Morgan fingerprint density at radius 1 is 1.13 bits per heavy atom. The van der Waals surface area contributed by atoms with Gasteiger partial charge in [-0.15, -0.1) is 0 Å². The first kappa shape index (κ1) is 8.17. The molecule has 3 heteroatoms. The van der Waals surface area contributed by atoms with Crippen LogP contribution in [0.4, 0.5) is 0 Å². The zero-order valence-corrected chi connectivity index (χ0v) is 7.96. The second kappa shape index (κ2) is 3.20. The Labute approximate surface area is 87.0 Å². The molecule has 0 N–H and O–H groups in total. The Bertz CT molecular complexity index is 584. The van der Waals surface area contributed by atoms with Crippen LogP contribution in [0.2, 0.25) is 0 Å². The summed E-state index contributed by atoms with van der Waals surface area (Å²) in [5, 5.41) is 1.17. The van der Waals surface area contributed by atoms with Crippen molar-refractivity contribution in [2.45, 2.75) is 0 Å². The average molecular weight is 194 g/mol. The maximum atomic E-state index is 4.01. The highest BCUT2D eigenvalue weighted by Gasteiger charge is 2.01. The van der Waals surface area contributed by atoms with Crippen LogP contribution in [0.15, 0.2) is 49.2 Å². The average Bonchev–Trinajstić information content (AvgIpc) is 2.74. The molecule has 1 radical (unpaired) electrons. The molecule has 0 amide bonds. The van der Waals surface area contributed by atoms with Crippen LogP contribution in [-0.4, -0.2) is 14.5 Å². The van der Waals surface area contributed by atoms with Gasteiger partial charge in [0, 0.05) is 11.6 Å². The minimum atomic E-state index is 0.971. The van der Waals surface area contributed by atoms with Gasteiger partial charge in [0.25, 0.3) is 0 Å². The Balaban J connectivity index is 2.28. The molecular weight excluding hydrogens is 186 g/mol. The number of rotatable bonds is 1. The molecule has 2 aromatic heterocycles. The van der Waals surface area contributed by atoms with E-state index in [1.54, 1.807) is 12.4 Å². The van der Waals surface area contributed by atoms with Gasteiger partial charge in [-0.3, -0.25) is 0 Å². The van der Waals surface area contributed by atoms with E-state index in [1.165, 1.54) is 11.7 Å². The molecule has 0 saturated carbocycles. The summed E-state index contributed by atoms with van der Waals surface area (Å²) >= 11 is 0. The van der Waals surface area contributed by atoms with Crippen molar-refractivity contribution in [3.63, 3.8) is 0 Å². The fraction of sp³-hybridized carbons (Fsp3) is 0. The molecule has 0 fully saturated rings. The van der Waals surface area contributed by atoms with Gasteiger partial charge < -0.3 is 4.57 Å². The lowest BCUT2D eigenvalue weighted by molar-refractivity contribution is 1.05. The first-order valence-corrected chi connectivity index (χ1v) is 4.68. The second-order valence-corrected chi connectivity index (χ2v) is 3.27. The minimum absolute atomic E-state index is 0.971. The van der Waals surface area contributed by atoms with Gasteiger partial charge in [-0.1, -0.05) is 6.07 Å². The van der Waals surface area contributed by atoms with E-state index in [2.05, 4.69) is 26.7 Å². The van der Waals surface area contributed by atoms with E-state index in [4.69, 9.17) is 0 Å². The van der Waals surface area contributed by atoms with Gasteiger partial charge in [0.1, 0.15) is 6.33 Å². The molecule has 0 spiro atoms. The zero-order chi connectivity index (χ0) is 10.1. The number of aromatic nitrogens is 3. The van der Waals surface area contributed by atoms with Gasteiger partial charge in [0.15, 0.2) is 0 Å². The van der Waals surface area contributed by atoms with Crippen molar-refractivity contribution in [3.8, 4) is 5.69 Å². The molecule has 0 saturated heterocycles. The van der Waals surface area contributed by atoms with E-state index in [-0.39, 0.29) is 0 Å². The third-order valence-corrected chi connectivity index (χ3v) is 2.36. The fourth-order valence-electron chi connectivity index (χ4n) is 1.66. The van der Waals surface area contributed by atoms with Crippen molar-refractivity contribution in [1.29, 1.82) is 0 Å². The lowest BCUT2D eigenvalue weighted by Gasteiger charge is -2.02. The summed E-state index contributed by atoms with van der Waals surface area (Å²) in [6.45, 7) is 0. The van der Waals surface area contributed by atoms with Crippen LogP contribution < -0.4 is 0 Å². The SMILES string of the molecule is [c]1ccc2c(c1)ccn2-c1cncnc1. The summed E-state index contributed by atoms with van der Waals surface area (Å²) in [6, 6.07) is 11.0. The molecular formula is C12H8N3. The largest absolute Gasteiger partial charge is 0.314 e. The second-order valence-electron chi connectivity index (χ2n) is 3.27. The van der Waals surface area contributed by atoms with Crippen molar-refractivity contribution in [3.05, 3.63) is 55.2 Å². The van der Waals surface area contributed by atoms with E-state index in [0.29, 0.717) is 0 Å². The maximum absolute atomic E-state index is 4.01. The first-order chi connectivity index (χ1) is 7.45. The lowest BCUT2D eigenvalue weighted by Crippen LogP contribution is -1.92. The van der Waals surface area contributed by atoms with Gasteiger partial charge in [0.05, 0.1) is 23.6 Å². The van der Waals surface area contributed by atoms with E-state index >= 15 is 0 Å². The maximum Gasteiger partial charge on any atom is 0.115 e. The first-order valence-electron chi connectivity index (χ1n) is 4.68. The predicted octanol–water partition coefficient (Wildman–Crippen LogP) is 2.22. The van der Waals surface area contributed by atoms with Gasteiger partial charge >= 0.3 is 0 Å². The summed E-state index contributed by atoms with van der Waals surface area (Å²) < 4.78 is 2.06. The van der Waals surface area contributed by atoms with Gasteiger partial charge in [-0.05, 0) is 24.3 Å². The molecule has 71 valence electrons. The third-order valence-electron chi connectivity index (χ3n) is 2.36. The van der Waals surface area contributed by atoms with E-state index in [9.17, 15) is 0 Å². The molecule has 0 bridgehead atoms. The lowest BCUT2D eigenvalue weighted by atomic mass is 10.2. The Morgan fingerprint density at radius 2 is 2.00 bits per heavy atom. The van der Waals surface area contributed by atoms with Crippen molar-refractivity contribution in [2.24, 2.45) is 0 Å². The standard InChI is InChI=1S/C12H8N3/c1-2-4-12-10(3-1)5-6-15(12)11-7-13-9-14-8-11/h2-9H. The molecule has 3 aromatic rings. The van der Waals surface area contributed by atoms with Crippen LogP contribution >= 0.6 is 0 Å². The van der Waals surface area contributed by atoms with E-state index in [0.717, 1.165) is 11.2 Å². The zero-order valence-electron chi connectivity index (χ0n) is 7.96. The summed E-state index contributed by atoms with van der Waals surface area (Å²) in [4.78, 5) is 8.02. The summed E-state index contributed by atoms with van der Waals surface area (Å²) in [6.07, 6.45) is 7.13. The van der Waals surface area contributed by atoms with Gasteiger partial charge in [-0.25, -0.2) is 9.97 Å². The number of hydrogen-bond acceptors (Lipinski definition) is 2. The smallest absolute Gasteiger partial charge is 0.115 e. The fourth-order valence-corrected chi connectivity index (χ4v) is 1.66.